The number of hydrogen-bond acceptors (Lipinski definition) is 19. The number of anilines is 3. The fourth-order valence-electron chi connectivity index (χ4n) is 3.38. The van der Waals surface area contributed by atoms with Crippen molar-refractivity contribution in [2.45, 2.75) is 0 Å². The predicted octanol–water partition coefficient (Wildman–Crippen LogP) is 2.78. The lowest BCUT2D eigenvalue weighted by Gasteiger charge is -2.28. The molecule has 0 spiro atoms. The van der Waals surface area contributed by atoms with Gasteiger partial charge in [0.25, 0.3) is 17.1 Å². The smallest absolute Gasteiger partial charge is 0.497 e. The van der Waals surface area contributed by atoms with E-state index in [9.17, 15) is 34.9 Å². The number of nitrogens with two attached hydrogens (primary N) is 3. The highest BCUT2D eigenvalue weighted by molar-refractivity contribution is 7.48. The Morgan fingerprint density at radius 3 is 1.02 bits per heavy atom. The van der Waals surface area contributed by atoms with Crippen LogP contribution in [0.25, 0.3) is 0 Å². The van der Waals surface area contributed by atoms with E-state index >= 15 is 0 Å². The summed E-state index contributed by atoms with van der Waals surface area (Å²) in [5.74, 6) is 17.7. The highest BCUT2D eigenvalue weighted by Gasteiger charge is 2.40. The number of nitro benzene ring substituents is 3. The molecule has 0 aromatic heterocycles. The van der Waals surface area contributed by atoms with Gasteiger partial charge in [-0.25, -0.2) is 22.1 Å². The normalized spacial score (nSPS) is 11.0. The second-order valence-corrected chi connectivity index (χ2v) is 9.39. The topological polar surface area (TPSA) is 290 Å². The number of hydrogen-bond donors (Lipinski definition) is 3. The summed E-state index contributed by atoms with van der Waals surface area (Å²) < 4.78 is 44.5. The Labute approximate surface area is 246 Å². The van der Waals surface area contributed by atoms with Crippen molar-refractivity contribution in [1.82, 2.24) is 0 Å². The Hall–Kier alpha value is -5.35. The summed E-state index contributed by atoms with van der Waals surface area (Å²) >= 11 is 0. The van der Waals surface area contributed by atoms with E-state index in [0.29, 0.717) is 0 Å². The van der Waals surface area contributed by atoms with Gasteiger partial charge in [-0.2, -0.15) is 15.5 Å². The maximum atomic E-state index is 14.0. The zero-order valence-corrected chi connectivity index (χ0v) is 23.8. The van der Waals surface area contributed by atoms with E-state index < -0.39 is 56.7 Å². The molecule has 236 valence electrons. The van der Waals surface area contributed by atoms with Crippen LogP contribution < -0.4 is 47.3 Å². The lowest BCUT2D eigenvalue weighted by Crippen LogP contribution is -2.39. The molecule has 0 aliphatic heterocycles. The second kappa shape index (κ2) is 13.7. The molecule has 0 radical (unpaired) electrons. The summed E-state index contributed by atoms with van der Waals surface area (Å²) in [6.45, 7) is 0. The van der Waals surface area contributed by atoms with E-state index in [-0.39, 0.29) is 32.8 Å². The molecule has 3 aromatic carbocycles. The van der Waals surface area contributed by atoms with E-state index in [4.69, 9.17) is 45.6 Å². The molecule has 3 aromatic rings. The van der Waals surface area contributed by atoms with Crippen molar-refractivity contribution in [2.75, 3.05) is 36.8 Å². The first kappa shape index (κ1) is 33.2. The number of phosphoric acid groups is 1. The molecule has 23 heteroatoms. The molecule has 44 heavy (non-hydrogen) atoms. The third-order valence-electron chi connectivity index (χ3n) is 5.41. The van der Waals surface area contributed by atoms with Gasteiger partial charge in [-0.05, 0) is 18.2 Å². The highest BCUT2D eigenvalue weighted by atomic mass is 31.2. The van der Waals surface area contributed by atoms with Crippen LogP contribution in [-0.2, 0) is 18.4 Å². The van der Waals surface area contributed by atoms with E-state index in [1.165, 1.54) is 39.5 Å². The van der Waals surface area contributed by atoms with Crippen LogP contribution >= 0.6 is 7.82 Å². The summed E-state index contributed by atoms with van der Waals surface area (Å²) in [7, 11) is -1.77. The van der Waals surface area contributed by atoms with Crippen LogP contribution in [-0.4, -0.2) is 36.1 Å². The first-order chi connectivity index (χ1) is 20.7. The van der Waals surface area contributed by atoms with E-state index in [1.54, 1.807) is 0 Å². The highest BCUT2D eigenvalue weighted by Crippen LogP contribution is 2.54. The molecule has 0 saturated carbocycles. The molecule has 0 saturated heterocycles. The quantitative estimate of drug-likeness (QED) is 0.0929. The van der Waals surface area contributed by atoms with Crippen molar-refractivity contribution in [3.05, 3.63) is 84.9 Å². The summed E-state index contributed by atoms with van der Waals surface area (Å²) in [5, 5.41) is 35.1. The molecule has 0 bridgehead atoms. The van der Waals surface area contributed by atoms with Crippen LogP contribution in [0.4, 0.5) is 34.1 Å². The summed E-state index contributed by atoms with van der Waals surface area (Å²) in [6.07, 6.45) is 0. The van der Waals surface area contributed by atoms with Crippen molar-refractivity contribution >= 4 is 41.9 Å². The zero-order valence-electron chi connectivity index (χ0n) is 22.9. The van der Waals surface area contributed by atoms with Gasteiger partial charge in [-0.15, -0.1) is 13.9 Å². The molecule has 0 atom stereocenters. The van der Waals surface area contributed by atoms with Gasteiger partial charge < -0.3 is 14.2 Å². The van der Waals surface area contributed by atoms with Gasteiger partial charge in [-0.3, -0.25) is 30.3 Å². The summed E-state index contributed by atoms with van der Waals surface area (Å²) in [6, 6.07) is 9.64. The molecule has 0 heterocycles. The van der Waals surface area contributed by atoms with Crippen molar-refractivity contribution in [3.8, 4) is 17.2 Å². The van der Waals surface area contributed by atoms with Crippen molar-refractivity contribution < 1.29 is 47.4 Å². The lowest BCUT2D eigenvalue weighted by atomic mass is 10.2. The van der Waals surface area contributed by atoms with E-state index in [0.717, 1.165) is 36.4 Å². The number of nitrogens with zero attached hydrogens (tertiary/aromatic N) is 6. The van der Waals surface area contributed by atoms with E-state index in [1.807, 2.05) is 0 Å². The Bertz CT molecular complexity index is 1430. The third-order valence-corrected chi connectivity index (χ3v) is 6.54. The fraction of sp³-hybridized carbons (Fsp3) is 0.143. The Morgan fingerprint density at radius 1 is 0.568 bits per heavy atom. The van der Waals surface area contributed by atoms with Crippen LogP contribution in [0.2, 0.25) is 0 Å². The number of rotatable bonds is 15. The van der Waals surface area contributed by atoms with Crippen molar-refractivity contribution in [2.24, 2.45) is 17.5 Å². The second-order valence-electron chi connectivity index (χ2n) is 8.00. The zero-order chi connectivity index (χ0) is 32.8. The van der Waals surface area contributed by atoms with Gasteiger partial charge in [0.05, 0.1) is 36.1 Å². The maximum absolute atomic E-state index is 14.0. The maximum Gasteiger partial charge on any atom is 0.543 e. The molecule has 6 N–H and O–H groups in total. The third kappa shape index (κ3) is 7.53. The molecule has 0 fully saturated rings. The summed E-state index contributed by atoms with van der Waals surface area (Å²) in [5.41, 5.74) is -3.72. The molecule has 0 aliphatic carbocycles. The van der Waals surface area contributed by atoms with Crippen LogP contribution in [0.3, 0.4) is 0 Å². The molecule has 0 amide bonds. The minimum atomic E-state index is -5.49. The molecular weight excluding hydrogens is 617 g/mol. The van der Waals surface area contributed by atoms with Crippen molar-refractivity contribution in [3.63, 3.8) is 0 Å². The van der Waals surface area contributed by atoms with Gasteiger partial charge in [0, 0.05) is 36.4 Å². The minimum absolute atomic E-state index is 0.0428. The van der Waals surface area contributed by atoms with Crippen LogP contribution in [0, 0.1) is 30.3 Å². The molecule has 0 aliphatic rings. The van der Waals surface area contributed by atoms with E-state index in [2.05, 4.69) is 0 Å². The SMILES string of the molecule is COc1ccc([N+](=O)[O-])c(N(N)OP(=O)(ON(N)c2cc(OC)ccc2[N+](=O)[O-])ON(N)c2cc(OC)ccc2[N+](=O)[O-])c1. The molecule has 3 rings (SSSR count). The number of hydrazine groups is 3. The largest absolute Gasteiger partial charge is 0.543 e. The van der Waals surface area contributed by atoms with Gasteiger partial charge in [0.15, 0.2) is 17.1 Å². The molecule has 22 nitrogen and oxygen atoms in total. The lowest BCUT2D eigenvalue weighted by molar-refractivity contribution is -0.384. The molecular formula is C21H24N9O13P. The van der Waals surface area contributed by atoms with Gasteiger partial charge >= 0.3 is 7.82 Å². The van der Waals surface area contributed by atoms with Crippen LogP contribution in [0.5, 0.6) is 17.2 Å². The first-order valence-electron chi connectivity index (χ1n) is 11.5. The number of methoxy groups -OCH3 is 3. The van der Waals surface area contributed by atoms with Gasteiger partial charge in [0.2, 0.25) is 0 Å². The minimum Gasteiger partial charge on any atom is -0.497 e. The standard InChI is InChI=1S/C21H24N9O13P/c1-38-13-4-7-16(28(31)32)19(10-13)25(22)41-44(37,42-26(23)20-11-14(39-2)5-8-17(20)29(33)34)43-27(24)21-12-15(40-3)6-9-18(21)30(35)36/h4-12H,22-24H2,1-3H3. The van der Waals surface area contributed by atoms with Crippen LogP contribution in [0.15, 0.2) is 54.6 Å². The number of benzene rings is 3. The first-order valence-corrected chi connectivity index (χ1v) is 13.0. The average Bonchev–Trinajstić information content (AvgIpc) is 2.99. The Morgan fingerprint density at radius 2 is 0.818 bits per heavy atom. The van der Waals surface area contributed by atoms with Gasteiger partial charge in [0.1, 0.15) is 17.2 Å². The fourth-order valence-corrected chi connectivity index (χ4v) is 4.38. The monoisotopic (exact) mass is 641 g/mol. The number of ether oxygens (including phenoxy) is 3. The van der Waals surface area contributed by atoms with Gasteiger partial charge in [-0.1, -0.05) is 0 Å². The summed E-state index contributed by atoms with van der Waals surface area (Å²) in [4.78, 5) is 32.3. The predicted molar refractivity (Wildman–Crippen MR) is 150 cm³/mol. The average molecular weight is 641 g/mol. The molecule has 0 unspecified atom stereocenters. The van der Waals surface area contributed by atoms with Crippen LogP contribution in [0.1, 0.15) is 0 Å². The Kier molecular flexibility index (Phi) is 10.4. The number of nitro groups is 3. The Balaban J connectivity index is 2.12. The van der Waals surface area contributed by atoms with Crippen molar-refractivity contribution in [1.29, 1.82) is 0 Å².